The molecule has 10 heteroatoms. The molecular weight excluding hydrogens is 642 g/mol. The number of hydrogen-bond donors (Lipinski definition) is 2. The van der Waals surface area contributed by atoms with Crippen molar-refractivity contribution in [1.29, 1.82) is 0 Å². The smallest absolute Gasteiger partial charge is 0.410 e. The molecule has 0 spiro atoms. The van der Waals surface area contributed by atoms with Gasteiger partial charge in [0.15, 0.2) is 11.7 Å². The summed E-state index contributed by atoms with van der Waals surface area (Å²) in [5.41, 5.74) is 6.64. The summed E-state index contributed by atoms with van der Waals surface area (Å²) in [5.74, 6) is 2.58. The van der Waals surface area contributed by atoms with Crippen LogP contribution in [0.2, 0.25) is 0 Å². The van der Waals surface area contributed by atoms with Gasteiger partial charge in [-0.1, -0.05) is 48.9 Å². The third-order valence-corrected chi connectivity index (χ3v) is 10.1. The number of nitrogens with one attached hydrogen (secondary N) is 2. The highest BCUT2D eigenvalue weighted by Crippen LogP contribution is 2.38. The number of aromatic nitrogens is 3. The zero-order chi connectivity index (χ0) is 35.9. The third kappa shape index (κ3) is 8.00. The lowest BCUT2D eigenvalue weighted by Gasteiger charge is -2.28. The summed E-state index contributed by atoms with van der Waals surface area (Å²) >= 11 is 0. The molecule has 1 saturated heterocycles. The molecule has 0 radical (unpaired) electrons. The Hall–Kier alpha value is -4.60. The minimum absolute atomic E-state index is 0.00381. The fourth-order valence-electron chi connectivity index (χ4n) is 7.76. The maximum absolute atomic E-state index is 12.9. The fraction of sp³-hybridized carbons (Fsp3) is 0.512. The van der Waals surface area contributed by atoms with E-state index in [2.05, 4.69) is 52.8 Å². The van der Waals surface area contributed by atoms with Gasteiger partial charge in [0.1, 0.15) is 17.0 Å². The van der Waals surface area contributed by atoms with Crippen molar-refractivity contribution in [3.8, 4) is 33.7 Å². The summed E-state index contributed by atoms with van der Waals surface area (Å²) in [6.45, 7) is 12.0. The first kappa shape index (κ1) is 34.8. The van der Waals surface area contributed by atoms with E-state index < -0.39 is 11.2 Å². The minimum Gasteiger partial charge on any atom is -0.444 e. The number of nitrogens with zero attached hydrogens (tertiary/aromatic N) is 3. The minimum atomic E-state index is -0.532. The van der Waals surface area contributed by atoms with Crippen molar-refractivity contribution >= 4 is 12.2 Å². The number of fused-ring (bicyclic) bond motifs is 3. The maximum atomic E-state index is 12.9. The van der Waals surface area contributed by atoms with Crippen molar-refractivity contribution < 1.29 is 23.5 Å². The van der Waals surface area contributed by atoms with E-state index in [1.54, 1.807) is 0 Å². The lowest BCUT2D eigenvalue weighted by molar-refractivity contribution is 0.0222. The Kier molecular flexibility index (Phi) is 9.46. The van der Waals surface area contributed by atoms with Crippen molar-refractivity contribution in [2.75, 3.05) is 6.54 Å². The van der Waals surface area contributed by atoms with Gasteiger partial charge >= 0.3 is 12.2 Å². The number of rotatable bonds is 6. The molecule has 3 atom stereocenters. The molecule has 3 heterocycles. The Morgan fingerprint density at radius 2 is 1.65 bits per heavy atom. The van der Waals surface area contributed by atoms with Crippen LogP contribution >= 0.6 is 0 Å². The Bertz CT molecular complexity index is 1880. The number of likely N-dealkylation sites (tertiary alicyclic amines) is 1. The van der Waals surface area contributed by atoms with Crippen LogP contribution < -0.4 is 5.32 Å². The summed E-state index contributed by atoms with van der Waals surface area (Å²) in [6.07, 6.45) is 9.44. The molecule has 4 aromatic rings. The predicted molar refractivity (Wildman–Crippen MR) is 196 cm³/mol. The second kappa shape index (κ2) is 13.8. The molecule has 1 aliphatic heterocycles. The van der Waals surface area contributed by atoms with Crippen LogP contribution in [0.15, 0.2) is 53.1 Å². The average molecular weight is 694 g/mol. The zero-order valence-electron chi connectivity index (χ0n) is 30.8. The third-order valence-electron chi connectivity index (χ3n) is 10.1. The molecule has 2 fully saturated rings. The molecule has 270 valence electrons. The van der Waals surface area contributed by atoms with Crippen LogP contribution in [0.4, 0.5) is 9.59 Å². The number of aryl methyl sites for hydroxylation is 2. The summed E-state index contributed by atoms with van der Waals surface area (Å²) in [6, 6.07) is 15.2. The number of alkyl carbamates (subject to hydrolysis) is 1. The van der Waals surface area contributed by atoms with Crippen molar-refractivity contribution in [2.24, 2.45) is 0 Å². The molecule has 2 aromatic carbocycles. The van der Waals surface area contributed by atoms with E-state index in [0.717, 1.165) is 96.6 Å². The van der Waals surface area contributed by atoms with Gasteiger partial charge in [0, 0.05) is 36.5 Å². The number of ether oxygens (including phenoxy) is 2. The zero-order valence-corrected chi connectivity index (χ0v) is 30.8. The molecule has 2 aliphatic carbocycles. The molecule has 10 nitrogen and oxygen atoms in total. The van der Waals surface area contributed by atoms with Gasteiger partial charge in [-0.3, -0.25) is 0 Å². The van der Waals surface area contributed by atoms with Gasteiger partial charge in [0.05, 0.1) is 17.6 Å². The topological polar surface area (TPSA) is 123 Å². The normalized spacial score (nSPS) is 20.4. The predicted octanol–water partition coefficient (Wildman–Crippen LogP) is 8.99. The van der Waals surface area contributed by atoms with Crippen LogP contribution in [0.25, 0.3) is 33.7 Å². The number of oxazole rings is 1. The van der Waals surface area contributed by atoms with Crippen molar-refractivity contribution in [3.63, 3.8) is 0 Å². The van der Waals surface area contributed by atoms with E-state index in [0.29, 0.717) is 18.9 Å². The Morgan fingerprint density at radius 3 is 2.41 bits per heavy atom. The quantitative estimate of drug-likeness (QED) is 0.207. The highest BCUT2D eigenvalue weighted by Gasteiger charge is 2.35. The molecule has 2 aromatic heterocycles. The van der Waals surface area contributed by atoms with Gasteiger partial charge in [0.2, 0.25) is 0 Å². The van der Waals surface area contributed by atoms with Crippen LogP contribution in [0, 0.1) is 0 Å². The second-order valence-electron chi connectivity index (χ2n) is 16.3. The molecule has 3 aliphatic rings. The SMILES string of the molecule is CC(C)(C)OC(=O)NC1CCCC1c1ncc(-c2ccc(-c3ccc4c(c3)CCCc3nc(CC5CCCN5C(=O)OC(C)(C)C)oc3-4)cc2)[nH]1. The van der Waals surface area contributed by atoms with Gasteiger partial charge in [-0.05, 0) is 109 Å². The fourth-order valence-corrected chi connectivity index (χ4v) is 7.76. The van der Waals surface area contributed by atoms with E-state index in [1.165, 1.54) is 5.56 Å². The molecule has 3 unspecified atom stereocenters. The number of H-pyrrole nitrogens is 1. The van der Waals surface area contributed by atoms with E-state index >= 15 is 0 Å². The number of aromatic amines is 1. The average Bonchev–Trinajstić information content (AvgIpc) is 3.86. The van der Waals surface area contributed by atoms with Crippen molar-refractivity contribution in [1.82, 2.24) is 25.2 Å². The van der Waals surface area contributed by atoms with Crippen LogP contribution in [-0.4, -0.2) is 61.9 Å². The summed E-state index contributed by atoms with van der Waals surface area (Å²) in [7, 11) is 0. The largest absolute Gasteiger partial charge is 0.444 e. The van der Waals surface area contributed by atoms with E-state index in [-0.39, 0.29) is 30.2 Å². The standard InChI is InChI=1S/C41H51N5O5/c1-40(2,3)50-38(47)45-32-13-8-12-31(32)37-42-24-34(44-37)26-17-15-25(16-18-26)27-19-20-30-28(22-27)10-7-14-33-36(30)49-35(43-33)23-29-11-9-21-46(29)39(48)51-41(4,5)6/h15-20,22,24,29,31-32H,7-14,21,23H2,1-6H3,(H,42,44)(H,45,47). The van der Waals surface area contributed by atoms with Gasteiger partial charge in [0.25, 0.3) is 0 Å². The molecule has 51 heavy (non-hydrogen) atoms. The molecule has 7 rings (SSSR count). The number of carbonyl (C=O) groups is 2. The molecule has 1 saturated carbocycles. The Morgan fingerprint density at radius 1 is 0.902 bits per heavy atom. The number of hydrogen-bond acceptors (Lipinski definition) is 7. The number of benzene rings is 2. The van der Waals surface area contributed by atoms with E-state index in [9.17, 15) is 9.59 Å². The maximum Gasteiger partial charge on any atom is 0.410 e. The lowest BCUT2D eigenvalue weighted by atomic mass is 9.96. The van der Waals surface area contributed by atoms with Gasteiger partial charge < -0.3 is 29.1 Å². The Labute approximate surface area is 300 Å². The highest BCUT2D eigenvalue weighted by molar-refractivity contribution is 5.75. The first-order valence-corrected chi connectivity index (χ1v) is 18.6. The first-order chi connectivity index (χ1) is 24.3. The number of amides is 2. The van der Waals surface area contributed by atoms with Crippen LogP contribution in [-0.2, 0) is 28.7 Å². The van der Waals surface area contributed by atoms with E-state index in [4.69, 9.17) is 23.9 Å². The van der Waals surface area contributed by atoms with Gasteiger partial charge in [-0.25, -0.2) is 19.6 Å². The number of carbonyl (C=O) groups excluding carboxylic acids is 2. The second-order valence-corrected chi connectivity index (χ2v) is 16.3. The van der Waals surface area contributed by atoms with Crippen LogP contribution in [0.5, 0.6) is 0 Å². The van der Waals surface area contributed by atoms with E-state index in [1.807, 2.05) is 52.6 Å². The molecule has 2 amide bonds. The van der Waals surface area contributed by atoms with Gasteiger partial charge in [-0.2, -0.15) is 0 Å². The van der Waals surface area contributed by atoms with Gasteiger partial charge in [-0.15, -0.1) is 0 Å². The van der Waals surface area contributed by atoms with Crippen molar-refractivity contribution in [3.05, 3.63) is 71.6 Å². The lowest BCUT2D eigenvalue weighted by Crippen LogP contribution is -2.40. The summed E-state index contributed by atoms with van der Waals surface area (Å²) in [5, 5.41) is 3.07. The monoisotopic (exact) mass is 693 g/mol. The first-order valence-electron chi connectivity index (χ1n) is 18.6. The van der Waals surface area contributed by atoms with Crippen LogP contribution in [0.1, 0.15) is 109 Å². The Balaban J connectivity index is 1.03. The summed E-state index contributed by atoms with van der Waals surface area (Å²) < 4.78 is 17.6. The number of imidazole rings is 1. The molecule has 0 bridgehead atoms. The highest BCUT2D eigenvalue weighted by atomic mass is 16.6. The molecular formula is C41H51N5O5. The summed E-state index contributed by atoms with van der Waals surface area (Å²) in [4.78, 5) is 40.4. The molecule has 2 N–H and O–H groups in total. The van der Waals surface area contributed by atoms with Crippen molar-refractivity contribution in [2.45, 2.75) is 129 Å². The van der Waals surface area contributed by atoms with Crippen LogP contribution in [0.3, 0.4) is 0 Å².